The number of para-hydroxylation sites is 1. The molecular weight excluding hydrogens is 107 g/mol. The van der Waals surface area contributed by atoms with Crippen LogP contribution in [0.2, 0.25) is 0 Å². The van der Waals surface area contributed by atoms with E-state index in [1.54, 1.807) is 12.1 Å². The molecule has 1 aliphatic heterocycles. The lowest BCUT2D eigenvalue weighted by molar-refractivity contribution is 0.572. The SMILES string of the molecule is Fc1cccc2c1O2. The molecule has 1 heterocycles. The molecule has 0 N–H and O–H groups in total. The summed E-state index contributed by atoms with van der Waals surface area (Å²) in [5, 5.41) is 0. The van der Waals surface area contributed by atoms with Gasteiger partial charge >= 0.3 is 0 Å². The summed E-state index contributed by atoms with van der Waals surface area (Å²) in [5.41, 5.74) is 0. The highest BCUT2D eigenvalue weighted by Gasteiger charge is 2.23. The second-order valence-electron chi connectivity index (χ2n) is 1.67. The lowest BCUT2D eigenvalue weighted by Crippen LogP contribution is -1.58. The predicted molar refractivity (Wildman–Crippen MR) is 26.5 cm³/mol. The Labute approximate surface area is 45.7 Å². The van der Waals surface area contributed by atoms with Gasteiger partial charge in [-0.15, -0.1) is 0 Å². The molecular formula is C6H3FO. The van der Waals surface area contributed by atoms with Gasteiger partial charge in [0.1, 0.15) is 0 Å². The van der Waals surface area contributed by atoms with Crippen molar-refractivity contribution >= 4 is 0 Å². The number of fused-ring (bicyclic) bond motifs is 1. The molecule has 0 amide bonds. The first-order valence-corrected chi connectivity index (χ1v) is 2.34. The van der Waals surface area contributed by atoms with Crippen LogP contribution in [-0.2, 0) is 0 Å². The van der Waals surface area contributed by atoms with Crippen molar-refractivity contribution < 1.29 is 9.13 Å². The van der Waals surface area contributed by atoms with Crippen LogP contribution in [0, 0.1) is 5.82 Å². The summed E-state index contributed by atoms with van der Waals surface area (Å²) < 4.78 is 16.9. The molecule has 0 atom stereocenters. The van der Waals surface area contributed by atoms with Crippen molar-refractivity contribution in [3.63, 3.8) is 0 Å². The fraction of sp³-hybridized carbons (Fsp3) is 0. The molecule has 0 saturated heterocycles. The normalized spacial score (nSPS) is 12.1. The minimum Gasteiger partial charge on any atom is -0.446 e. The predicted octanol–water partition coefficient (Wildman–Crippen LogP) is 1.93. The molecule has 0 aliphatic carbocycles. The van der Waals surface area contributed by atoms with Crippen LogP contribution in [0.15, 0.2) is 18.2 Å². The van der Waals surface area contributed by atoms with Gasteiger partial charge in [0.15, 0.2) is 11.6 Å². The van der Waals surface area contributed by atoms with E-state index in [9.17, 15) is 4.39 Å². The average Bonchev–Trinajstić information content (AvgIpc) is 2.45. The Morgan fingerprint density at radius 1 is 1.38 bits per heavy atom. The Balaban J connectivity index is 2.70. The largest absolute Gasteiger partial charge is 0.446 e. The summed E-state index contributed by atoms with van der Waals surface area (Å²) in [6.07, 6.45) is 0. The Kier molecular flexibility index (Phi) is 0.497. The summed E-state index contributed by atoms with van der Waals surface area (Å²) in [6.45, 7) is 0. The van der Waals surface area contributed by atoms with Gasteiger partial charge in [0.25, 0.3) is 0 Å². The highest BCUT2D eigenvalue weighted by Crippen LogP contribution is 2.46. The molecule has 1 aromatic carbocycles. The molecule has 1 aromatic rings. The molecule has 0 spiro atoms. The molecule has 0 fully saturated rings. The number of benzene rings is 1. The van der Waals surface area contributed by atoms with Crippen LogP contribution in [0.5, 0.6) is 11.5 Å². The molecule has 1 nitrogen and oxygen atoms in total. The molecule has 8 heavy (non-hydrogen) atoms. The zero-order valence-corrected chi connectivity index (χ0v) is 4.02. The lowest BCUT2D eigenvalue weighted by Gasteiger charge is -1.72. The van der Waals surface area contributed by atoms with Crippen molar-refractivity contribution in [3.05, 3.63) is 24.0 Å². The van der Waals surface area contributed by atoms with Crippen LogP contribution < -0.4 is 4.74 Å². The number of hydrogen-bond donors (Lipinski definition) is 0. The van der Waals surface area contributed by atoms with Gasteiger partial charge < -0.3 is 4.74 Å². The molecule has 0 unspecified atom stereocenters. The van der Waals surface area contributed by atoms with Crippen molar-refractivity contribution in [1.29, 1.82) is 0 Å². The van der Waals surface area contributed by atoms with E-state index < -0.39 is 0 Å². The number of ether oxygens (including phenoxy) is 1. The van der Waals surface area contributed by atoms with Crippen LogP contribution >= 0.6 is 0 Å². The smallest absolute Gasteiger partial charge is 0.205 e. The fourth-order valence-corrected chi connectivity index (χ4v) is 0.656. The van der Waals surface area contributed by atoms with Crippen molar-refractivity contribution in [3.8, 4) is 11.5 Å². The fourth-order valence-electron chi connectivity index (χ4n) is 0.656. The Morgan fingerprint density at radius 2 is 2.25 bits per heavy atom. The molecule has 0 bridgehead atoms. The molecule has 0 saturated carbocycles. The Bertz CT molecular complexity index is 232. The van der Waals surface area contributed by atoms with Gasteiger partial charge in [-0.25, -0.2) is 4.39 Å². The summed E-state index contributed by atoms with van der Waals surface area (Å²) in [4.78, 5) is 0. The second-order valence-corrected chi connectivity index (χ2v) is 1.67. The van der Waals surface area contributed by atoms with Crippen molar-refractivity contribution in [2.75, 3.05) is 0 Å². The van der Waals surface area contributed by atoms with Crippen LogP contribution in [-0.4, -0.2) is 0 Å². The van der Waals surface area contributed by atoms with E-state index >= 15 is 0 Å². The van der Waals surface area contributed by atoms with E-state index in [1.807, 2.05) is 0 Å². The average molecular weight is 110 g/mol. The standard InChI is InChI=1S/C6H3FO/c7-4-2-1-3-5-6(4)8-5/h1-3H. The van der Waals surface area contributed by atoms with Crippen molar-refractivity contribution in [2.45, 2.75) is 0 Å². The topological polar surface area (TPSA) is 12.5 Å². The first kappa shape index (κ1) is 3.89. The quantitative estimate of drug-likeness (QED) is 0.472. The number of halogens is 1. The third kappa shape index (κ3) is 0.346. The minimum atomic E-state index is -0.262. The van der Waals surface area contributed by atoms with Crippen LogP contribution in [0.25, 0.3) is 0 Å². The van der Waals surface area contributed by atoms with Crippen LogP contribution in [0.1, 0.15) is 0 Å². The molecule has 2 heteroatoms. The summed E-state index contributed by atoms with van der Waals surface area (Å²) in [6, 6.07) is 4.74. The van der Waals surface area contributed by atoms with E-state index in [4.69, 9.17) is 4.74 Å². The molecule has 40 valence electrons. The van der Waals surface area contributed by atoms with Crippen LogP contribution in [0.4, 0.5) is 4.39 Å². The lowest BCUT2D eigenvalue weighted by atomic mass is 10.4. The summed E-state index contributed by atoms with van der Waals surface area (Å²) in [7, 11) is 0. The van der Waals surface area contributed by atoms with E-state index in [2.05, 4.69) is 0 Å². The molecule has 1 aliphatic rings. The van der Waals surface area contributed by atoms with Gasteiger partial charge in [0, 0.05) is 0 Å². The van der Waals surface area contributed by atoms with Gasteiger partial charge in [-0.1, -0.05) is 6.07 Å². The van der Waals surface area contributed by atoms with E-state index in [0.717, 1.165) is 0 Å². The number of hydrogen-bond acceptors (Lipinski definition) is 1. The maximum absolute atomic E-state index is 12.2. The van der Waals surface area contributed by atoms with Gasteiger partial charge in [-0.05, 0) is 12.1 Å². The first-order valence-electron chi connectivity index (χ1n) is 2.34. The molecule has 0 radical (unpaired) electrons. The zero-order valence-electron chi connectivity index (χ0n) is 4.02. The van der Waals surface area contributed by atoms with E-state index in [-0.39, 0.29) is 5.82 Å². The first-order chi connectivity index (χ1) is 3.88. The van der Waals surface area contributed by atoms with Crippen molar-refractivity contribution in [2.24, 2.45) is 0 Å². The summed E-state index contributed by atoms with van der Waals surface area (Å²) in [5.74, 6) is 0.819. The van der Waals surface area contributed by atoms with Gasteiger partial charge in [0.2, 0.25) is 5.75 Å². The second kappa shape index (κ2) is 1.02. The van der Waals surface area contributed by atoms with Gasteiger partial charge in [-0.3, -0.25) is 0 Å². The monoisotopic (exact) mass is 110 g/mol. The zero-order chi connectivity index (χ0) is 5.56. The maximum atomic E-state index is 12.2. The third-order valence-electron chi connectivity index (χ3n) is 1.10. The summed E-state index contributed by atoms with van der Waals surface area (Å²) >= 11 is 0. The van der Waals surface area contributed by atoms with Crippen LogP contribution in [0.3, 0.4) is 0 Å². The highest BCUT2D eigenvalue weighted by molar-refractivity contribution is 5.54. The van der Waals surface area contributed by atoms with E-state index in [1.165, 1.54) is 6.07 Å². The number of rotatable bonds is 0. The van der Waals surface area contributed by atoms with Crippen molar-refractivity contribution in [1.82, 2.24) is 0 Å². The maximum Gasteiger partial charge on any atom is 0.205 e. The molecule has 2 rings (SSSR count). The Hall–Kier alpha value is -1.05. The van der Waals surface area contributed by atoms with Gasteiger partial charge in [-0.2, -0.15) is 0 Å². The van der Waals surface area contributed by atoms with E-state index in [0.29, 0.717) is 11.5 Å². The third-order valence-corrected chi connectivity index (χ3v) is 1.10. The molecule has 0 aromatic heterocycles. The Morgan fingerprint density at radius 3 is 2.88 bits per heavy atom. The van der Waals surface area contributed by atoms with Gasteiger partial charge in [0.05, 0.1) is 0 Å². The highest BCUT2D eigenvalue weighted by atomic mass is 19.1. The minimum absolute atomic E-state index is 0.262.